The first-order valence-corrected chi connectivity index (χ1v) is 5.69. The first-order chi connectivity index (χ1) is 9.24. The number of alkyl halides is 3. The highest BCUT2D eigenvalue weighted by Crippen LogP contribution is 2.23. The Labute approximate surface area is 112 Å². The maximum atomic E-state index is 13.2. The monoisotopic (exact) mass is 295 g/mol. The van der Waals surface area contributed by atoms with Crippen molar-refractivity contribution in [1.29, 1.82) is 0 Å². The van der Waals surface area contributed by atoms with Gasteiger partial charge in [0.05, 0.1) is 13.2 Å². The molecule has 1 aromatic rings. The van der Waals surface area contributed by atoms with Crippen LogP contribution in [0.3, 0.4) is 0 Å². The van der Waals surface area contributed by atoms with Crippen LogP contribution >= 0.6 is 0 Å². The van der Waals surface area contributed by atoms with Gasteiger partial charge >= 0.3 is 12.1 Å². The predicted octanol–water partition coefficient (Wildman–Crippen LogP) is 2.29. The molecule has 1 atom stereocenters. The molecule has 0 saturated heterocycles. The van der Waals surface area contributed by atoms with E-state index in [1.54, 1.807) is 0 Å². The van der Waals surface area contributed by atoms with Crippen molar-refractivity contribution in [3.8, 4) is 5.75 Å². The molecule has 0 aliphatic heterocycles. The van der Waals surface area contributed by atoms with Gasteiger partial charge in [0.2, 0.25) is 0 Å². The number of esters is 1. The van der Waals surface area contributed by atoms with Gasteiger partial charge in [-0.2, -0.15) is 13.2 Å². The minimum atomic E-state index is -4.53. The number of hydrogen-bond acceptors (Lipinski definition) is 4. The number of hydrogen-bond donors (Lipinski definition) is 2. The van der Waals surface area contributed by atoms with E-state index in [9.17, 15) is 22.4 Å². The van der Waals surface area contributed by atoms with E-state index in [1.807, 2.05) is 5.32 Å². The number of ether oxygens (including phenoxy) is 1. The number of carbonyl (C=O) groups is 1. The third-order valence-corrected chi connectivity index (χ3v) is 2.33. The van der Waals surface area contributed by atoms with Gasteiger partial charge in [-0.3, -0.25) is 5.32 Å². The number of aromatic hydroxyl groups is 1. The zero-order valence-electron chi connectivity index (χ0n) is 10.5. The number of nitrogens with one attached hydrogen (secondary N) is 1. The summed E-state index contributed by atoms with van der Waals surface area (Å²) in [5.41, 5.74) is -0.0667. The fraction of sp³-hybridized carbons (Fsp3) is 0.417. The van der Waals surface area contributed by atoms with Crippen LogP contribution in [-0.2, 0) is 9.53 Å². The predicted molar refractivity (Wildman–Crippen MR) is 61.5 cm³/mol. The molecule has 0 aliphatic rings. The highest BCUT2D eigenvalue weighted by atomic mass is 19.4. The lowest BCUT2D eigenvalue weighted by atomic mass is 10.1. The van der Waals surface area contributed by atoms with E-state index in [0.29, 0.717) is 0 Å². The smallest absolute Gasteiger partial charge is 0.401 e. The molecule has 112 valence electrons. The molecular weight excluding hydrogens is 282 g/mol. The highest BCUT2D eigenvalue weighted by Gasteiger charge is 2.31. The van der Waals surface area contributed by atoms with Gasteiger partial charge in [-0.25, -0.2) is 9.18 Å². The molecule has 0 aromatic heterocycles. The Hall–Kier alpha value is -1.83. The molecular formula is C12H13F4NO3. The largest absolute Gasteiger partial charge is 0.505 e. The van der Waals surface area contributed by atoms with Crippen molar-refractivity contribution in [2.24, 2.45) is 0 Å². The summed E-state index contributed by atoms with van der Waals surface area (Å²) in [6.07, 6.45) is -4.53. The molecule has 0 aliphatic carbocycles. The molecule has 0 fully saturated rings. The van der Waals surface area contributed by atoms with Crippen molar-refractivity contribution in [2.75, 3.05) is 13.2 Å². The maximum Gasteiger partial charge on any atom is 0.401 e. The molecule has 4 nitrogen and oxygen atoms in total. The van der Waals surface area contributed by atoms with Crippen LogP contribution in [-0.4, -0.2) is 30.4 Å². The number of carbonyl (C=O) groups excluding carboxylic acids is 1. The van der Waals surface area contributed by atoms with Crippen molar-refractivity contribution in [3.05, 3.63) is 29.6 Å². The molecule has 0 saturated carbocycles. The maximum absolute atomic E-state index is 13.2. The molecule has 1 unspecified atom stereocenters. The lowest BCUT2D eigenvalue weighted by Crippen LogP contribution is -2.37. The quantitative estimate of drug-likeness (QED) is 0.646. The zero-order valence-corrected chi connectivity index (χ0v) is 10.5. The Morgan fingerprint density at radius 2 is 2.10 bits per heavy atom. The van der Waals surface area contributed by atoms with Gasteiger partial charge in [0.15, 0.2) is 11.6 Å². The second-order valence-corrected chi connectivity index (χ2v) is 3.89. The summed E-state index contributed by atoms with van der Waals surface area (Å²) in [5, 5.41) is 11.0. The summed E-state index contributed by atoms with van der Waals surface area (Å²) in [6.45, 7) is 0.0404. The summed E-state index contributed by atoms with van der Waals surface area (Å²) < 4.78 is 54.4. The van der Waals surface area contributed by atoms with Crippen LogP contribution in [0.15, 0.2) is 18.2 Å². The van der Waals surface area contributed by atoms with Gasteiger partial charge in [-0.1, -0.05) is 6.07 Å². The molecule has 1 aromatic carbocycles. The summed E-state index contributed by atoms with van der Waals surface area (Å²) >= 11 is 0. The van der Waals surface area contributed by atoms with Crippen LogP contribution in [0.2, 0.25) is 0 Å². The van der Waals surface area contributed by atoms with Crippen molar-refractivity contribution in [3.63, 3.8) is 0 Å². The number of rotatable bonds is 5. The van der Waals surface area contributed by atoms with Gasteiger partial charge in [0.25, 0.3) is 0 Å². The van der Waals surface area contributed by atoms with Crippen LogP contribution in [0, 0.1) is 5.82 Å². The van der Waals surface area contributed by atoms with E-state index in [-0.39, 0.29) is 12.2 Å². The van der Waals surface area contributed by atoms with Gasteiger partial charge < -0.3 is 9.84 Å². The highest BCUT2D eigenvalue weighted by molar-refractivity contribution is 5.77. The van der Waals surface area contributed by atoms with E-state index >= 15 is 0 Å². The Bertz CT molecular complexity index is 476. The first-order valence-electron chi connectivity index (χ1n) is 5.69. The molecule has 2 N–H and O–H groups in total. The lowest BCUT2D eigenvalue weighted by molar-refractivity contribution is -0.149. The molecule has 0 spiro atoms. The molecule has 0 radical (unpaired) electrons. The van der Waals surface area contributed by atoms with Crippen molar-refractivity contribution in [2.45, 2.75) is 19.1 Å². The number of halogens is 4. The minimum Gasteiger partial charge on any atom is -0.505 e. The Morgan fingerprint density at radius 3 is 2.60 bits per heavy atom. The summed E-state index contributed by atoms with van der Waals surface area (Å²) in [7, 11) is 0. The fourth-order valence-electron chi connectivity index (χ4n) is 1.48. The third-order valence-electron chi connectivity index (χ3n) is 2.33. The fourth-order valence-corrected chi connectivity index (χ4v) is 1.48. The van der Waals surface area contributed by atoms with E-state index in [1.165, 1.54) is 6.92 Å². The molecule has 0 heterocycles. The number of benzene rings is 1. The summed E-state index contributed by atoms with van der Waals surface area (Å²) in [5.74, 6) is -2.65. The van der Waals surface area contributed by atoms with Gasteiger partial charge in [-0.15, -0.1) is 0 Å². The number of phenols is 1. The molecule has 8 heteroatoms. The average molecular weight is 295 g/mol. The SMILES string of the molecule is CCOC(=O)C(NCC(F)(F)F)c1ccc(O)c(F)c1. The van der Waals surface area contributed by atoms with Crippen molar-refractivity contribution >= 4 is 5.97 Å². The second kappa shape index (κ2) is 6.56. The summed E-state index contributed by atoms with van der Waals surface area (Å²) in [6, 6.07) is 1.40. The van der Waals surface area contributed by atoms with Crippen LogP contribution in [0.25, 0.3) is 0 Å². The standard InChI is InChI=1S/C12H13F4NO3/c1-2-20-11(19)10(17-6-12(14,15)16)7-3-4-9(18)8(13)5-7/h3-5,10,17-18H,2,6H2,1H3. The Morgan fingerprint density at radius 1 is 1.45 bits per heavy atom. The molecule has 0 bridgehead atoms. The molecule has 20 heavy (non-hydrogen) atoms. The van der Waals surface area contributed by atoms with E-state index in [2.05, 4.69) is 4.74 Å². The molecule has 1 rings (SSSR count). The van der Waals surface area contributed by atoms with Gasteiger partial charge in [0.1, 0.15) is 6.04 Å². The normalized spacial score (nSPS) is 13.1. The topological polar surface area (TPSA) is 58.6 Å². The van der Waals surface area contributed by atoms with Crippen molar-refractivity contribution < 1.29 is 32.2 Å². The van der Waals surface area contributed by atoms with Gasteiger partial charge in [0, 0.05) is 0 Å². The van der Waals surface area contributed by atoms with E-state index in [4.69, 9.17) is 5.11 Å². The van der Waals surface area contributed by atoms with Crippen LogP contribution in [0.5, 0.6) is 5.75 Å². The summed E-state index contributed by atoms with van der Waals surface area (Å²) in [4.78, 5) is 11.6. The zero-order chi connectivity index (χ0) is 15.3. The second-order valence-electron chi connectivity index (χ2n) is 3.89. The Kier molecular flexibility index (Phi) is 5.32. The van der Waals surface area contributed by atoms with Crippen molar-refractivity contribution in [1.82, 2.24) is 5.32 Å². The van der Waals surface area contributed by atoms with Crippen LogP contribution < -0.4 is 5.32 Å². The average Bonchev–Trinajstić information content (AvgIpc) is 2.32. The third kappa shape index (κ3) is 4.69. The van der Waals surface area contributed by atoms with Crippen LogP contribution in [0.1, 0.15) is 18.5 Å². The molecule has 0 amide bonds. The minimum absolute atomic E-state index is 0.0242. The first kappa shape index (κ1) is 16.2. The van der Waals surface area contributed by atoms with Gasteiger partial charge in [-0.05, 0) is 24.6 Å². The van der Waals surface area contributed by atoms with Crippen LogP contribution in [0.4, 0.5) is 17.6 Å². The number of phenolic OH excluding ortho intramolecular Hbond substituents is 1. The van der Waals surface area contributed by atoms with E-state index < -0.39 is 36.3 Å². The van der Waals surface area contributed by atoms with E-state index in [0.717, 1.165) is 18.2 Å². The lowest BCUT2D eigenvalue weighted by Gasteiger charge is -2.19. The Balaban J connectivity index is 2.96.